The predicted molar refractivity (Wildman–Crippen MR) is 80.1 cm³/mol. The first-order valence-corrected chi connectivity index (χ1v) is 8.49. The minimum Gasteiger partial charge on any atom is -0.302 e. The highest BCUT2D eigenvalue weighted by Gasteiger charge is 2.13. The second-order valence-electron chi connectivity index (χ2n) is 5.14. The molecule has 0 aromatic rings. The van der Waals surface area contributed by atoms with Gasteiger partial charge in [0.05, 0.1) is 0 Å². The van der Waals surface area contributed by atoms with Crippen LogP contribution in [0.15, 0.2) is 0 Å². The van der Waals surface area contributed by atoms with Crippen molar-refractivity contribution in [3.63, 3.8) is 0 Å². The molecule has 1 heterocycles. The third-order valence-corrected chi connectivity index (χ3v) is 4.01. The van der Waals surface area contributed by atoms with Crippen LogP contribution in [0.25, 0.3) is 0 Å². The Morgan fingerprint density at radius 3 is 2.12 bits per heavy atom. The highest BCUT2D eigenvalue weighted by atomic mass is 79.9. The van der Waals surface area contributed by atoms with Gasteiger partial charge in [-0.25, -0.2) is 0 Å². The monoisotopic (exact) mass is 304 g/mol. The van der Waals surface area contributed by atoms with Gasteiger partial charge < -0.3 is 9.80 Å². The summed E-state index contributed by atoms with van der Waals surface area (Å²) in [6.45, 7) is 9.97. The molecule has 1 aliphatic rings. The molecule has 0 aromatic carbocycles. The van der Waals surface area contributed by atoms with E-state index in [1.54, 1.807) is 0 Å². The van der Waals surface area contributed by atoms with Gasteiger partial charge in [0.2, 0.25) is 0 Å². The molecule has 1 saturated heterocycles. The summed E-state index contributed by atoms with van der Waals surface area (Å²) in [4.78, 5) is 5.26. The lowest BCUT2D eigenvalue weighted by Crippen LogP contribution is -2.32. The van der Waals surface area contributed by atoms with Gasteiger partial charge in [0, 0.05) is 25.0 Å². The Bertz CT molecular complexity index is 176. The van der Waals surface area contributed by atoms with Gasteiger partial charge in [-0.1, -0.05) is 48.5 Å². The van der Waals surface area contributed by atoms with Crippen molar-refractivity contribution in [3.8, 4) is 0 Å². The summed E-state index contributed by atoms with van der Waals surface area (Å²) >= 11 is 3.54. The van der Waals surface area contributed by atoms with Crippen LogP contribution in [-0.2, 0) is 0 Å². The normalized spacial score (nSPS) is 19.4. The van der Waals surface area contributed by atoms with Gasteiger partial charge in [-0.3, -0.25) is 0 Å². The number of unbranched alkanes of at least 4 members (excludes halogenated alkanes) is 4. The number of halogens is 1. The Morgan fingerprint density at radius 2 is 1.47 bits per heavy atom. The summed E-state index contributed by atoms with van der Waals surface area (Å²) in [5, 5.41) is 1.12. The molecule has 0 radical (unpaired) electrons. The van der Waals surface area contributed by atoms with Gasteiger partial charge in [0.1, 0.15) is 0 Å². The first-order chi connectivity index (χ1) is 8.36. The zero-order chi connectivity index (χ0) is 12.3. The summed E-state index contributed by atoms with van der Waals surface area (Å²) in [6, 6.07) is 0. The highest BCUT2D eigenvalue weighted by Crippen LogP contribution is 2.07. The summed E-state index contributed by atoms with van der Waals surface area (Å²) in [7, 11) is 0. The van der Waals surface area contributed by atoms with Crippen LogP contribution in [0.3, 0.4) is 0 Å². The first-order valence-electron chi connectivity index (χ1n) is 7.37. The van der Waals surface area contributed by atoms with Crippen molar-refractivity contribution in [1.82, 2.24) is 9.80 Å². The Kier molecular flexibility index (Phi) is 9.40. The lowest BCUT2D eigenvalue weighted by atomic mass is 10.1. The Hall–Kier alpha value is 0.400. The van der Waals surface area contributed by atoms with Gasteiger partial charge in [0.15, 0.2) is 0 Å². The quantitative estimate of drug-likeness (QED) is 0.501. The highest BCUT2D eigenvalue weighted by molar-refractivity contribution is 9.09. The fraction of sp³-hybridized carbons (Fsp3) is 1.00. The molecule has 2 nitrogen and oxygen atoms in total. The number of hydrogen-bond donors (Lipinski definition) is 0. The van der Waals surface area contributed by atoms with Crippen LogP contribution in [0.2, 0.25) is 0 Å². The van der Waals surface area contributed by atoms with Crippen molar-refractivity contribution >= 4 is 15.9 Å². The summed E-state index contributed by atoms with van der Waals surface area (Å²) in [5.74, 6) is 0. The Labute approximate surface area is 116 Å². The van der Waals surface area contributed by atoms with Crippen LogP contribution in [0.4, 0.5) is 0 Å². The zero-order valence-corrected chi connectivity index (χ0v) is 13.1. The van der Waals surface area contributed by atoms with Gasteiger partial charge in [0.25, 0.3) is 0 Å². The topological polar surface area (TPSA) is 6.48 Å². The van der Waals surface area contributed by atoms with Crippen LogP contribution in [0, 0.1) is 0 Å². The molecule has 0 amide bonds. The fourth-order valence-electron chi connectivity index (χ4n) is 2.53. The van der Waals surface area contributed by atoms with E-state index in [0.29, 0.717) is 0 Å². The molecule has 17 heavy (non-hydrogen) atoms. The maximum Gasteiger partial charge on any atom is 0.0159 e. The van der Waals surface area contributed by atoms with Gasteiger partial charge in [-0.2, -0.15) is 0 Å². The largest absolute Gasteiger partial charge is 0.302 e. The molecule has 0 atom stereocenters. The van der Waals surface area contributed by atoms with E-state index in [0.717, 1.165) is 5.33 Å². The molecule has 0 unspecified atom stereocenters. The van der Waals surface area contributed by atoms with Crippen molar-refractivity contribution in [2.24, 2.45) is 0 Å². The van der Waals surface area contributed by atoms with Gasteiger partial charge >= 0.3 is 0 Å². The van der Waals surface area contributed by atoms with E-state index in [9.17, 15) is 0 Å². The molecular weight excluding hydrogens is 276 g/mol. The number of rotatable bonds is 8. The Balaban J connectivity index is 2.05. The lowest BCUT2D eigenvalue weighted by molar-refractivity contribution is 0.260. The van der Waals surface area contributed by atoms with E-state index in [4.69, 9.17) is 0 Å². The third kappa shape index (κ3) is 7.43. The molecule has 1 rings (SSSR count). The second kappa shape index (κ2) is 10.3. The minimum absolute atomic E-state index is 1.12. The van der Waals surface area contributed by atoms with E-state index in [-0.39, 0.29) is 0 Å². The maximum atomic E-state index is 3.54. The summed E-state index contributed by atoms with van der Waals surface area (Å²) < 4.78 is 0. The van der Waals surface area contributed by atoms with Crippen LogP contribution in [0.5, 0.6) is 0 Å². The Morgan fingerprint density at radius 1 is 0.824 bits per heavy atom. The zero-order valence-electron chi connectivity index (χ0n) is 11.5. The average Bonchev–Trinajstić information content (AvgIpc) is 2.55. The standard InChI is InChI=1S/C14H29BrN2/c1-2-3-4-5-6-9-16-10-7-11-17(12-8-15)14-13-16/h2-14H2,1H3. The molecule has 0 aromatic heterocycles. The number of nitrogens with zero attached hydrogens (tertiary/aromatic N) is 2. The summed E-state index contributed by atoms with van der Waals surface area (Å²) in [5.41, 5.74) is 0. The van der Waals surface area contributed by atoms with Crippen molar-refractivity contribution in [3.05, 3.63) is 0 Å². The second-order valence-corrected chi connectivity index (χ2v) is 5.93. The van der Waals surface area contributed by atoms with E-state index < -0.39 is 0 Å². The van der Waals surface area contributed by atoms with Crippen LogP contribution in [-0.4, -0.2) is 54.4 Å². The predicted octanol–water partition coefficient (Wildman–Crippen LogP) is 3.36. The molecule has 1 aliphatic heterocycles. The maximum absolute atomic E-state index is 3.54. The van der Waals surface area contributed by atoms with Gasteiger partial charge in [-0.15, -0.1) is 0 Å². The summed E-state index contributed by atoms with van der Waals surface area (Å²) in [6.07, 6.45) is 8.38. The van der Waals surface area contributed by atoms with Crippen LogP contribution >= 0.6 is 15.9 Å². The molecule has 3 heteroatoms. The molecule has 0 saturated carbocycles. The SMILES string of the molecule is CCCCCCCN1CCCN(CCBr)CC1. The van der Waals surface area contributed by atoms with Crippen molar-refractivity contribution in [2.75, 3.05) is 44.6 Å². The first kappa shape index (κ1) is 15.5. The van der Waals surface area contributed by atoms with Crippen molar-refractivity contribution < 1.29 is 0 Å². The lowest BCUT2D eigenvalue weighted by Gasteiger charge is -2.21. The van der Waals surface area contributed by atoms with Gasteiger partial charge in [-0.05, 0) is 32.5 Å². The van der Waals surface area contributed by atoms with Crippen molar-refractivity contribution in [2.45, 2.75) is 45.4 Å². The average molecular weight is 305 g/mol. The van der Waals surface area contributed by atoms with Crippen LogP contribution < -0.4 is 0 Å². The van der Waals surface area contributed by atoms with Crippen molar-refractivity contribution in [1.29, 1.82) is 0 Å². The molecule has 0 aliphatic carbocycles. The number of alkyl halides is 1. The minimum atomic E-state index is 1.12. The number of hydrogen-bond acceptors (Lipinski definition) is 2. The molecular formula is C14H29BrN2. The molecule has 1 fully saturated rings. The third-order valence-electron chi connectivity index (χ3n) is 3.66. The van der Waals surface area contributed by atoms with E-state index in [2.05, 4.69) is 32.7 Å². The molecule has 0 bridgehead atoms. The van der Waals surface area contributed by atoms with Crippen LogP contribution in [0.1, 0.15) is 45.4 Å². The smallest absolute Gasteiger partial charge is 0.0159 e. The molecule has 0 N–H and O–H groups in total. The molecule has 102 valence electrons. The molecule has 0 spiro atoms. The fourth-order valence-corrected chi connectivity index (χ4v) is 3.03. The van der Waals surface area contributed by atoms with E-state index >= 15 is 0 Å². The van der Waals surface area contributed by atoms with E-state index in [1.165, 1.54) is 77.8 Å². The van der Waals surface area contributed by atoms with E-state index in [1.807, 2.05) is 0 Å².